The van der Waals surface area contributed by atoms with E-state index < -0.39 is 0 Å². The predicted molar refractivity (Wildman–Crippen MR) is 71.9 cm³/mol. The summed E-state index contributed by atoms with van der Waals surface area (Å²) in [7, 11) is 3.70. The van der Waals surface area contributed by atoms with Crippen LogP contribution in [0.15, 0.2) is 24.3 Å². The molecule has 0 saturated carbocycles. The molecule has 1 aromatic carbocycles. The summed E-state index contributed by atoms with van der Waals surface area (Å²) in [6.45, 7) is 3.54. The molecule has 0 fully saturated rings. The van der Waals surface area contributed by atoms with Crippen molar-refractivity contribution in [3.63, 3.8) is 0 Å². The topological polar surface area (TPSA) is 38.5 Å². The molecule has 0 spiro atoms. The zero-order chi connectivity index (χ0) is 13.5. The van der Waals surface area contributed by atoms with Gasteiger partial charge in [0.15, 0.2) is 0 Å². The summed E-state index contributed by atoms with van der Waals surface area (Å²) in [4.78, 5) is 2.15. The van der Waals surface area contributed by atoms with Crippen molar-refractivity contribution in [2.24, 2.45) is 5.73 Å². The predicted octanol–water partition coefficient (Wildman–Crippen LogP) is 2.18. The Morgan fingerprint density at radius 3 is 2.72 bits per heavy atom. The Morgan fingerprint density at radius 2 is 2.17 bits per heavy atom. The molecule has 2 atom stereocenters. The van der Waals surface area contributed by atoms with Gasteiger partial charge in [-0.25, -0.2) is 4.39 Å². The number of ether oxygens (including phenoxy) is 1. The van der Waals surface area contributed by atoms with Gasteiger partial charge in [-0.2, -0.15) is 0 Å². The van der Waals surface area contributed by atoms with Gasteiger partial charge >= 0.3 is 0 Å². The molecule has 0 aromatic heterocycles. The Labute approximate surface area is 109 Å². The van der Waals surface area contributed by atoms with Crippen LogP contribution in [0.3, 0.4) is 0 Å². The summed E-state index contributed by atoms with van der Waals surface area (Å²) in [6.07, 6.45) is 0.936. The minimum absolute atomic E-state index is 0.0255. The number of nitrogens with zero attached hydrogens (tertiary/aromatic N) is 1. The van der Waals surface area contributed by atoms with Crippen molar-refractivity contribution in [2.75, 3.05) is 27.3 Å². The molecular weight excluding hydrogens is 231 g/mol. The fraction of sp³-hybridized carbons (Fsp3) is 0.571. The number of hydrogen-bond donors (Lipinski definition) is 1. The number of nitrogens with two attached hydrogens (primary N) is 1. The minimum Gasteiger partial charge on any atom is -0.385 e. The largest absolute Gasteiger partial charge is 0.385 e. The molecule has 0 heterocycles. The molecule has 102 valence electrons. The monoisotopic (exact) mass is 254 g/mol. The molecule has 0 aliphatic rings. The number of likely N-dealkylation sites (N-methyl/N-ethyl adjacent to an activating group) is 1. The molecular formula is C14H23FN2O. The van der Waals surface area contributed by atoms with Crippen molar-refractivity contribution in [3.8, 4) is 0 Å². The van der Waals surface area contributed by atoms with E-state index in [2.05, 4.69) is 4.90 Å². The quantitative estimate of drug-likeness (QED) is 0.758. The molecule has 0 aliphatic carbocycles. The van der Waals surface area contributed by atoms with E-state index >= 15 is 0 Å². The van der Waals surface area contributed by atoms with Crippen LogP contribution >= 0.6 is 0 Å². The van der Waals surface area contributed by atoms with Gasteiger partial charge in [0.05, 0.1) is 0 Å². The first-order valence-corrected chi connectivity index (χ1v) is 6.26. The van der Waals surface area contributed by atoms with Gasteiger partial charge in [-0.05, 0) is 38.1 Å². The van der Waals surface area contributed by atoms with Crippen LogP contribution in [-0.4, -0.2) is 38.3 Å². The van der Waals surface area contributed by atoms with E-state index in [0.29, 0.717) is 0 Å². The molecule has 1 aromatic rings. The van der Waals surface area contributed by atoms with E-state index in [1.165, 1.54) is 6.07 Å². The molecule has 4 heteroatoms. The molecule has 2 N–H and O–H groups in total. The van der Waals surface area contributed by atoms with E-state index in [0.717, 1.165) is 25.1 Å². The average molecular weight is 254 g/mol. The Hall–Kier alpha value is -0.970. The Balaban J connectivity index is 2.76. The van der Waals surface area contributed by atoms with Crippen molar-refractivity contribution < 1.29 is 9.13 Å². The van der Waals surface area contributed by atoms with Crippen LogP contribution in [0, 0.1) is 5.82 Å². The third-order valence-corrected chi connectivity index (χ3v) is 3.02. The van der Waals surface area contributed by atoms with Crippen molar-refractivity contribution in [2.45, 2.75) is 25.4 Å². The fourth-order valence-electron chi connectivity index (χ4n) is 2.25. The first-order valence-electron chi connectivity index (χ1n) is 6.26. The smallest absolute Gasteiger partial charge is 0.123 e. The van der Waals surface area contributed by atoms with Crippen molar-refractivity contribution in [1.29, 1.82) is 0 Å². The van der Waals surface area contributed by atoms with E-state index in [9.17, 15) is 4.39 Å². The Morgan fingerprint density at radius 1 is 1.44 bits per heavy atom. The van der Waals surface area contributed by atoms with E-state index in [1.54, 1.807) is 19.2 Å². The highest BCUT2D eigenvalue weighted by molar-refractivity contribution is 5.21. The highest BCUT2D eigenvalue weighted by Crippen LogP contribution is 2.23. The van der Waals surface area contributed by atoms with Crippen molar-refractivity contribution in [1.82, 2.24) is 4.90 Å². The minimum atomic E-state index is -0.219. The summed E-state index contributed by atoms with van der Waals surface area (Å²) < 4.78 is 18.3. The number of halogens is 1. The maximum atomic E-state index is 13.3. The molecule has 0 radical (unpaired) electrons. The highest BCUT2D eigenvalue weighted by Gasteiger charge is 2.21. The van der Waals surface area contributed by atoms with Gasteiger partial charge in [0.25, 0.3) is 0 Å². The summed E-state index contributed by atoms with van der Waals surface area (Å²) in [5.74, 6) is -0.219. The molecule has 18 heavy (non-hydrogen) atoms. The van der Waals surface area contributed by atoms with Crippen LogP contribution in [0.25, 0.3) is 0 Å². The molecule has 0 aliphatic heterocycles. The molecule has 0 saturated heterocycles. The lowest BCUT2D eigenvalue weighted by Gasteiger charge is -2.31. The molecule has 3 nitrogen and oxygen atoms in total. The second-order valence-electron chi connectivity index (χ2n) is 4.69. The first kappa shape index (κ1) is 15.1. The van der Waals surface area contributed by atoms with Gasteiger partial charge in [-0.1, -0.05) is 12.1 Å². The third-order valence-electron chi connectivity index (χ3n) is 3.02. The van der Waals surface area contributed by atoms with E-state index in [-0.39, 0.29) is 17.9 Å². The summed E-state index contributed by atoms with van der Waals surface area (Å²) >= 11 is 0. The number of benzene rings is 1. The lowest BCUT2D eigenvalue weighted by atomic mass is 9.99. The SMILES string of the molecule is COCCCN(C)C(c1cccc(F)c1)C(C)N. The summed E-state index contributed by atoms with van der Waals surface area (Å²) in [5, 5.41) is 0. The molecule has 0 bridgehead atoms. The molecule has 1 rings (SSSR count). The van der Waals surface area contributed by atoms with Gasteiger partial charge in [-0.3, -0.25) is 4.90 Å². The molecule has 0 amide bonds. The van der Waals surface area contributed by atoms with Crippen LogP contribution < -0.4 is 5.73 Å². The second kappa shape index (κ2) is 7.46. The van der Waals surface area contributed by atoms with Crippen LogP contribution in [0.5, 0.6) is 0 Å². The summed E-state index contributed by atoms with van der Waals surface area (Å²) in [6, 6.07) is 6.62. The number of rotatable bonds is 7. The standard InChI is InChI=1S/C14H23FN2O/c1-11(16)14(17(2)8-5-9-18-3)12-6-4-7-13(15)10-12/h4,6-7,10-11,14H,5,8-9,16H2,1-3H3. The van der Waals surface area contributed by atoms with Gasteiger partial charge in [-0.15, -0.1) is 0 Å². The van der Waals surface area contributed by atoms with E-state index in [1.807, 2.05) is 20.0 Å². The maximum Gasteiger partial charge on any atom is 0.123 e. The normalized spacial score (nSPS) is 14.8. The second-order valence-corrected chi connectivity index (χ2v) is 4.69. The van der Waals surface area contributed by atoms with Gasteiger partial charge in [0, 0.05) is 32.3 Å². The van der Waals surface area contributed by atoms with Crippen molar-refractivity contribution >= 4 is 0 Å². The third kappa shape index (κ3) is 4.37. The van der Waals surface area contributed by atoms with Gasteiger partial charge < -0.3 is 10.5 Å². The summed E-state index contributed by atoms with van der Waals surface area (Å²) in [5.41, 5.74) is 6.95. The number of methoxy groups -OCH3 is 1. The lowest BCUT2D eigenvalue weighted by molar-refractivity contribution is 0.158. The Kier molecular flexibility index (Phi) is 6.25. The molecule has 2 unspecified atom stereocenters. The van der Waals surface area contributed by atoms with Crippen LogP contribution in [-0.2, 0) is 4.74 Å². The van der Waals surface area contributed by atoms with Gasteiger partial charge in [0.2, 0.25) is 0 Å². The zero-order valence-corrected chi connectivity index (χ0v) is 11.4. The zero-order valence-electron chi connectivity index (χ0n) is 11.4. The first-order chi connectivity index (χ1) is 8.56. The Bertz CT molecular complexity index is 357. The van der Waals surface area contributed by atoms with Crippen LogP contribution in [0.2, 0.25) is 0 Å². The number of hydrogen-bond acceptors (Lipinski definition) is 3. The highest BCUT2D eigenvalue weighted by atomic mass is 19.1. The van der Waals surface area contributed by atoms with Crippen LogP contribution in [0.4, 0.5) is 4.39 Å². The lowest BCUT2D eigenvalue weighted by Crippen LogP contribution is -2.38. The van der Waals surface area contributed by atoms with Crippen molar-refractivity contribution in [3.05, 3.63) is 35.6 Å². The fourth-order valence-corrected chi connectivity index (χ4v) is 2.25. The maximum absolute atomic E-state index is 13.3. The average Bonchev–Trinajstić information content (AvgIpc) is 2.29. The van der Waals surface area contributed by atoms with Gasteiger partial charge in [0.1, 0.15) is 5.82 Å². The van der Waals surface area contributed by atoms with Crippen LogP contribution in [0.1, 0.15) is 24.9 Å². The van der Waals surface area contributed by atoms with E-state index in [4.69, 9.17) is 10.5 Å².